The molecule has 0 radical (unpaired) electrons. The van der Waals surface area contributed by atoms with Crippen molar-refractivity contribution in [2.45, 2.75) is 0 Å². The normalized spacial score (nSPS) is 11.1. The molecule has 1 amide bonds. The van der Waals surface area contributed by atoms with Crippen molar-refractivity contribution < 1.29 is 4.79 Å². The number of anilines is 1. The first kappa shape index (κ1) is 15.7. The predicted molar refractivity (Wildman–Crippen MR) is 101 cm³/mol. The van der Waals surface area contributed by atoms with E-state index in [0.29, 0.717) is 16.9 Å². The monoisotopic (exact) mass is 341 g/mol. The SMILES string of the molecule is O=C(Nc1ccc(N=Nc2ccccc2)cc1)c1ccc2nc[nH]c2c1. The number of nitrogens with one attached hydrogen (secondary N) is 2. The Morgan fingerprint density at radius 3 is 2.38 bits per heavy atom. The Labute approximate surface area is 149 Å². The van der Waals surface area contributed by atoms with E-state index in [9.17, 15) is 4.79 Å². The van der Waals surface area contributed by atoms with Crippen LogP contribution in [0.3, 0.4) is 0 Å². The third-order valence-electron chi connectivity index (χ3n) is 3.84. The Kier molecular flexibility index (Phi) is 4.22. The molecular formula is C20H15N5O. The quantitative estimate of drug-likeness (QED) is 0.498. The lowest BCUT2D eigenvalue weighted by Crippen LogP contribution is -2.11. The van der Waals surface area contributed by atoms with Crippen molar-refractivity contribution >= 4 is 34.0 Å². The number of rotatable bonds is 4. The largest absolute Gasteiger partial charge is 0.345 e. The Hall–Kier alpha value is -3.80. The van der Waals surface area contributed by atoms with Gasteiger partial charge in [0, 0.05) is 11.3 Å². The molecule has 26 heavy (non-hydrogen) atoms. The molecule has 6 nitrogen and oxygen atoms in total. The number of H-pyrrole nitrogens is 1. The zero-order valence-corrected chi connectivity index (χ0v) is 13.8. The maximum absolute atomic E-state index is 12.4. The molecule has 0 saturated heterocycles. The molecule has 0 saturated carbocycles. The zero-order chi connectivity index (χ0) is 17.8. The first-order valence-electron chi connectivity index (χ1n) is 8.09. The van der Waals surface area contributed by atoms with Crippen molar-refractivity contribution in [1.29, 1.82) is 0 Å². The lowest BCUT2D eigenvalue weighted by atomic mass is 10.2. The van der Waals surface area contributed by atoms with Crippen molar-refractivity contribution in [2.24, 2.45) is 10.2 Å². The van der Waals surface area contributed by atoms with Crippen LogP contribution in [0.2, 0.25) is 0 Å². The van der Waals surface area contributed by atoms with Crippen molar-refractivity contribution in [3.8, 4) is 0 Å². The number of amides is 1. The van der Waals surface area contributed by atoms with Gasteiger partial charge in [-0.3, -0.25) is 4.79 Å². The molecule has 0 fully saturated rings. The number of hydrogen-bond donors (Lipinski definition) is 2. The van der Waals surface area contributed by atoms with Crippen LogP contribution < -0.4 is 5.32 Å². The summed E-state index contributed by atoms with van der Waals surface area (Å²) < 4.78 is 0. The average Bonchev–Trinajstić information content (AvgIpc) is 3.16. The molecule has 4 aromatic rings. The minimum atomic E-state index is -0.180. The number of fused-ring (bicyclic) bond motifs is 1. The topological polar surface area (TPSA) is 82.5 Å². The summed E-state index contributed by atoms with van der Waals surface area (Å²) in [5.74, 6) is -0.180. The molecule has 6 heteroatoms. The van der Waals surface area contributed by atoms with Gasteiger partial charge < -0.3 is 10.3 Å². The van der Waals surface area contributed by atoms with Crippen LogP contribution in [-0.4, -0.2) is 15.9 Å². The van der Waals surface area contributed by atoms with Gasteiger partial charge in [-0.15, -0.1) is 0 Å². The van der Waals surface area contributed by atoms with Gasteiger partial charge in [-0.05, 0) is 54.6 Å². The van der Waals surface area contributed by atoms with Crippen molar-refractivity contribution in [1.82, 2.24) is 9.97 Å². The molecule has 3 aromatic carbocycles. The van der Waals surface area contributed by atoms with Gasteiger partial charge in [0.2, 0.25) is 0 Å². The lowest BCUT2D eigenvalue weighted by molar-refractivity contribution is 0.102. The van der Waals surface area contributed by atoms with E-state index in [-0.39, 0.29) is 5.91 Å². The number of aromatic amines is 1. The van der Waals surface area contributed by atoms with Crippen molar-refractivity contribution in [2.75, 3.05) is 5.32 Å². The number of imidazole rings is 1. The molecule has 0 bridgehead atoms. The van der Waals surface area contributed by atoms with Crippen LogP contribution in [0.15, 0.2) is 89.4 Å². The standard InChI is InChI=1S/C20H15N5O/c26-20(14-6-11-18-19(12-14)22-13-21-18)23-15-7-9-17(10-8-15)25-24-16-4-2-1-3-5-16/h1-13H,(H,21,22)(H,23,26). The van der Waals surface area contributed by atoms with E-state index in [1.54, 1.807) is 42.7 Å². The smallest absolute Gasteiger partial charge is 0.255 e. The van der Waals surface area contributed by atoms with Crippen molar-refractivity contribution in [3.05, 3.63) is 84.7 Å². The molecule has 0 spiro atoms. The molecule has 1 aromatic heterocycles. The number of benzene rings is 3. The maximum atomic E-state index is 12.4. The summed E-state index contributed by atoms with van der Waals surface area (Å²) in [6.07, 6.45) is 1.61. The molecular weight excluding hydrogens is 326 g/mol. The van der Waals surface area contributed by atoms with E-state index >= 15 is 0 Å². The van der Waals surface area contributed by atoms with Crippen LogP contribution in [0.1, 0.15) is 10.4 Å². The van der Waals surface area contributed by atoms with E-state index in [2.05, 4.69) is 25.5 Å². The number of nitrogens with zero attached hydrogens (tertiary/aromatic N) is 3. The van der Waals surface area contributed by atoms with Crippen LogP contribution in [0, 0.1) is 0 Å². The van der Waals surface area contributed by atoms with Crippen LogP contribution in [-0.2, 0) is 0 Å². The minimum Gasteiger partial charge on any atom is -0.345 e. The minimum absolute atomic E-state index is 0.180. The fourth-order valence-corrected chi connectivity index (χ4v) is 2.50. The average molecular weight is 341 g/mol. The van der Waals surface area contributed by atoms with E-state index in [4.69, 9.17) is 0 Å². The Morgan fingerprint density at radius 2 is 1.62 bits per heavy atom. The van der Waals surface area contributed by atoms with E-state index < -0.39 is 0 Å². The molecule has 126 valence electrons. The molecule has 0 aliphatic rings. The van der Waals surface area contributed by atoms with E-state index in [1.807, 2.05) is 36.4 Å². The maximum Gasteiger partial charge on any atom is 0.255 e. The summed E-state index contributed by atoms with van der Waals surface area (Å²) in [6, 6.07) is 22.1. The lowest BCUT2D eigenvalue weighted by Gasteiger charge is -2.05. The van der Waals surface area contributed by atoms with Gasteiger partial charge in [-0.25, -0.2) is 4.98 Å². The first-order chi connectivity index (χ1) is 12.8. The third-order valence-corrected chi connectivity index (χ3v) is 3.84. The summed E-state index contributed by atoms with van der Waals surface area (Å²) in [7, 11) is 0. The van der Waals surface area contributed by atoms with Crippen molar-refractivity contribution in [3.63, 3.8) is 0 Å². The summed E-state index contributed by atoms with van der Waals surface area (Å²) in [5.41, 5.74) is 4.42. The molecule has 2 N–H and O–H groups in total. The van der Waals surface area contributed by atoms with Crippen LogP contribution >= 0.6 is 0 Å². The second kappa shape index (κ2) is 6.98. The van der Waals surface area contributed by atoms with Gasteiger partial charge in [-0.2, -0.15) is 10.2 Å². The van der Waals surface area contributed by atoms with Gasteiger partial charge in [0.15, 0.2) is 0 Å². The van der Waals surface area contributed by atoms with Crippen LogP contribution in [0.25, 0.3) is 11.0 Å². The summed E-state index contributed by atoms with van der Waals surface area (Å²) in [5, 5.41) is 11.2. The molecule has 0 unspecified atom stereocenters. The van der Waals surface area contributed by atoms with Crippen LogP contribution in [0.5, 0.6) is 0 Å². The van der Waals surface area contributed by atoms with Gasteiger partial charge in [0.25, 0.3) is 5.91 Å². The van der Waals surface area contributed by atoms with Gasteiger partial charge in [-0.1, -0.05) is 18.2 Å². The number of aromatic nitrogens is 2. The second-order valence-corrected chi connectivity index (χ2v) is 5.67. The molecule has 4 rings (SSSR count). The van der Waals surface area contributed by atoms with Gasteiger partial charge in [0.05, 0.1) is 28.7 Å². The van der Waals surface area contributed by atoms with Crippen LogP contribution in [0.4, 0.5) is 17.1 Å². The highest BCUT2D eigenvalue weighted by Gasteiger charge is 2.08. The van der Waals surface area contributed by atoms with Gasteiger partial charge >= 0.3 is 0 Å². The fraction of sp³-hybridized carbons (Fsp3) is 0. The third kappa shape index (κ3) is 3.49. The molecule has 1 heterocycles. The number of carbonyl (C=O) groups is 1. The summed E-state index contributed by atoms with van der Waals surface area (Å²) in [6.45, 7) is 0. The Bertz CT molecular complexity index is 1070. The molecule has 0 atom stereocenters. The highest BCUT2D eigenvalue weighted by molar-refractivity contribution is 6.05. The number of hydrogen-bond acceptors (Lipinski definition) is 4. The number of azo groups is 1. The first-order valence-corrected chi connectivity index (χ1v) is 8.09. The highest BCUT2D eigenvalue weighted by Crippen LogP contribution is 2.21. The van der Waals surface area contributed by atoms with Gasteiger partial charge in [0.1, 0.15) is 0 Å². The number of carbonyl (C=O) groups excluding carboxylic acids is 1. The van der Waals surface area contributed by atoms with E-state index in [0.717, 1.165) is 16.7 Å². The molecule has 0 aliphatic carbocycles. The fourth-order valence-electron chi connectivity index (χ4n) is 2.50. The predicted octanol–water partition coefficient (Wildman–Crippen LogP) is 5.23. The second-order valence-electron chi connectivity index (χ2n) is 5.67. The highest BCUT2D eigenvalue weighted by atomic mass is 16.1. The van der Waals surface area contributed by atoms with E-state index in [1.165, 1.54) is 0 Å². The molecule has 0 aliphatic heterocycles. The Morgan fingerprint density at radius 1 is 0.885 bits per heavy atom. The Balaban J connectivity index is 1.45. The summed E-state index contributed by atoms with van der Waals surface area (Å²) in [4.78, 5) is 19.5. The zero-order valence-electron chi connectivity index (χ0n) is 13.8. The summed E-state index contributed by atoms with van der Waals surface area (Å²) >= 11 is 0.